The monoisotopic (exact) mass is 474 g/mol. The largest absolute Gasteiger partial charge is 0.461 e. The maximum absolute atomic E-state index is 12.2. The molecule has 0 N–H and O–H groups in total. The first-order valence-electron chi connectivity index (χ1n) is 12.7. The molecule has 0 bridgehead atoms. The number of hydrogen-bond acceptors (Lipinski definition) is 4. The van der Waals surface area contributed by atoms with E-state index in [1.165, 1.54) is 93.2 Å². The zero-order valence-corrected chi connectivity index (χ0v) is 21.6. The molecule has 0 radical (unpaired) electrons. The molecule has 0 aliphatic heterocycles. The van der Waals surface area contributed by atoms with E-state index in [9.17, 15) is 4.79 Å². The third-order valence-electron chi connectivity index (χ3n) is 5.74. The zero-order chi connectivity index (χ0) is 22.7. The predicted molar refractivity (Wildman–Crippen MR) is 141 cm³/mol. The van der Waals surface area contributed by atoms with Gasteiger partial charge in [-0.3, -0.25) is 0 Å². The molecule has 1 aromatic carbocycles. The lowest BCUT2D eigenvalue weighted by molar-refractivity contribution is 0.0515. The molecule has 0 aliphatic rings. The van der Waals surface area contributed by atoms with Gasteiger partial charge in [0.2, 0.25) is 0 Å². The molecule has 178 valence electrons. The summed E-state index contributed by atoms with van der Waals surface area (Å²) in [5.41, 5.74) is 1.19. The van der Waals surface area contributed by atoms with Crippen molar-refractivity contribution in [1.82, 2.24) is 0 Å². The number of ether oxygens (including phenoxy) is 1. The number of thioether (sulfide) groups is 1. The molecule has 0 saturated carbocycles. The molecule has 2 nitrogen and oxygen atoms in total. The Labute approximate surface area is 204 Å². The summed E-state index contributed by atoms with van der Waals surface area (Å²) in [6.45, 7) is 2.71. The van der Waals surface area contributed by atoms with E-state index in [1.807, 2.05) is 36.0 Å². The summed E-state index contributed by atoms with van der Waals surface area (Å²) in [5, 5.41) is 0. The van der Waals surface area contributed by atoms with Gasteiger partial charge in [0.05, 0.1) is 10.8 Å². The minimum Gasteiger partial charge on any atom is -0.461 e. The highest BCUT2D eigenvalue weighted by molar-refractivity contribution is 8.01. The Morgan fingerprint density at radius 1 is 0.781 bits per heavy atom. The molecule has 0 amide bonds. The Morgan fingerprint density at radius 2 is 1.38 bits per heavy atom. The zero-order valence-electron chi connectivity index (χ0n) is 20.0. The summed E-state index contributed by atoms with van der Waals surface area (Å²) in [6, 6.07) is 14.1. The lowest BCUT2D eigenvalue weighted by atomic mass is 10.1. The highest BCUT2D eigenvalue weighted by atomic mass is 32.2. The van der Waals surface area contributed by atoms with E-state index in [0.717, 1.165) is 12.2 Å². The van der Waals surface area contributed by atoms with Gasteiger partial charge >= 0.3 is 5.97 Å². The number of unbranched alkanes of at least 4 members (excludes halogenated alkanes) is 12. The van der Waals surface area contributed by atoms with Crippen LogP contribution in [0, 0.1) is 0 Å². The van der Waals surface area contributed by atoms with E-state index in [2.05, 4.69) is 25.1 Å². The van der Waals surface area contributed by atoms with E-state index in [1.54, 1.807) is 11.3 Å². The molecule has 0 aliphatic carbocycles. The lowest BCUT2D eigenvalue weighted by Gasteiger charge is -2.03. The normalized spacial score (nSPS) is 11.0. The van der Waals surface area contributed by atoms with Crippen LogP contribution in [0.3, 0.4) is 0 Å². The van der Waals surface area contributed by atoms with Crippen LogP contribution in [-0.4, -0.2) is 18.3 Å². The van der Waals surface area contributed by atoms with Gasteiger partial charge in [-0.2, -0.15) is 0 Å². The minimum absolute atomic E-state index is 0.196. The van der Waals surface area contributed by atoms with E-state index in [-0.39, 0.29) is 5.97 Å². The second-order valence-corrected chi connectivity index (χ2v) is 11.1. The van der Waals surface area contributed by atoms with Crippen LogP contribution in [0.5, 0.6) is 0 Å². The van der Waals surface area contributed by atoms with E-state index < -0.39 is 0 Å². The van der Waals surface area contributed by atoms with Crippen LogP contribution in [-0.2, 0) is 11.2 Å². The Morgan fingerprint density at radius 3 is 2.00 bits per heavy atom. The summed E-state index contributed by atoms with van der Waals surface area (Å²) < 4.78 is 6.66. The van der Waals surface area contributed by atoms with E-state index in [4.69, 9.17) is 4.74 Å². The van der Waals surface area contributed by atoms with Gasteiger partial charge in [0, 0.05) is 6.42 Å². The number of esters is 1. The quantitative estimate of drug-likeness (QED) is 0.115. The molecule has 1 heterocycles. The van der Waals surface area contributed by atoms with Crippen molar-refractivity contribution in [3.05, 3.63) is 52.9 Å². The third kappa shape index (κ3) is 12.7. The van der Waals surface area contributed by atoms with Crippen molar-refractivity contribution in [3.8, 4) is 0 Å². The molecule has 0 spiro atoms. The Bertz CT molecular complexity index is 711. The number of hydrogen-bond donors (Lipinski definition) is 0. The summed E-state index contributed by atoms with van der Waals surface area (Å²) in [6.07, 6.45) is 18.8. The van der Waals surface area contributed by atoms with Crippen LogP contribution in [0.1, 0.15) is 106 Å². The average Bonchev–Trinajstić information content (AvgIpc) is 3.29. The first-order chi connectivity index (χ1) is 15.8. The standard InChI is InChI=1S/C28H42O2S2/c1-2-3-4-5-6-7-8-9-10-11-12-13-17-24-31-27-21-20-26(32-27)28(29)30-23-22-25-18-15-14-16-19-25/h14-16,18-21H,2-13,17,22-24H2,1H3. The number of carbonyl (C=O) groups excluding carboxylic acids is 1. The fraction of sp³-hybridized carbons (Fsp3) is 0.607. The van der Waals surface area contributed by atoms with Crippen molar-refractivity contribution in [2.45, 2.75) is 101 Å². The molecule has 2 rings (SSSR count). The van der Waals surface area contributed by atoms with Crippen LogP contribution in [0.2, 0.25) is 0 Å². The third-order valence-corrected chi connectivity index (χ3v) is 8.12. The van der Waals surface area contributed by atoms with Gasteiger partial charge in [0.1, 0.15) is 4.88 Å². The van der Waals surface area contributed by atoms with Gasteiger partial charge < -0.3 is 4.74 Å². The molecular weight excluding hydrogens is 432 g/mol. The second-order valence-electron chi connectivity index (χ2n) is 8.58. The Balaban J connectivity index is 1.42. The highest BCUT2D eigenvalue weighted by Crippen LogP contribution is 2.29. The maximum Gasteiger partial charge on any atom is 0.348 e. The fourth-order valence-corrected chi connectivity index (χ4v) is 5.88. The summed E-state index contributed by atoms with van der Waals surface area (Å²) in [5.74, 6) is 0.944. The van der Waals surface area contributed by atoms with Crippen LogP contribution in [0.15, 0.2) is 46.7 Å². The number of rotatable bonds is 19. The molecule has 0 atom stereocenters. The van der Waals surface area contributed by atoms with Crippen molar-refractivity contribution in [3.63, 3.8) is 0 Å². The van der Waals surface area contributed by atoms with Gasteiger partial charge in [0.15, 0.2) is 0 Å². The molecule has 0 saturated heterocycles. The van der Waals surface area contributed by atoms with Gasteiger partial charge in [-0.05, 0) is 29.9 Å². The second kappa shape index (κ2) is 18.2. The smallest absolute Gasteiger partial charge is 0.348 e. The maximum atomic E-state index is 12.2. The van der Waals surface area contributed by atoms with E-state index in [0.29, 0.717) is 11.5 Å². The Hall–Kier alpha value is -1.26. The van der Waals surface area contributed by atoms with Gasteiger partial charge in [-0.25, -0.2) is 4.79 Å². The predicted octanol–water partition coefficient (Wildman–Crippen LogP) is 9.33. The number of thiophene rings is 1. The minimum atomic E-state index is -0.196. The SMILES string of the molecule is CCCCCCCCCCCCCCCSc1ccc(C(=O)OCCc2ccccc2)s1. The molecular formula is C28H42O2S2. The van der Waals surface area contributed by atoms with Crippen molar-refractivity contribution >= 4 is 29.1 Å². The summed E-state index contributed by atoms with van der Waals surface area (Å²) >= 11 is 3.43. The topological polar surface area (TPSA) is 26.3 Å². The molecule has 0 unspecified atom stereocenters. The van der Waals surface area contributed by atoms with Gasteiger partial charge in [-0.1, -0.05) is 114 Å². The van der Waals surface area contributed by atoms with Crippen LogP contribution in [0.4, 0.5) is 0 Å². The van der Waals surface area contributed by atoms with Gasteiger partial charge in [0.25, 0.3) is 0 Å². The molecule has 1 aromatic heterocycles. The molecule has 0 fully saturated rings. The number of benzene rings is 1. The van der Waals surface area contributed by atoms with Crippen molar-refractivity contribution in [1.29, 1.82) is 0 Å². The average molecular weight is 475 g/mol. The highest BCUT2D eigenvalue weighted by Gasteiger charge is 2.11. The summed E-state index contributed by atoms with van der Waals surface area (Å²) in [4.78, 5) is 12.9. The van der Waals surface area contributed by atoms with E-state index >= 15 is 0 Å². The number of carbonyl (C=O) groups is 1. The van der Waals surface area contributed by atoms with Crippen molar-refractivity contribution < 1.29 is 9.53 Å². The van der Waals surface area contributed by atoms with Crippen molar-refractivity contribution in [2.24, 2.45) is 0 Å². The van der Waals surface area contributed by atoms with Gasteiger partial charge in [-0.15, -0.1) is 23.1 Å². The van der Waals surface area contributed by atoms with Crippen LogP contribution >= 0.6 is 23.1 Å². The van der Waals surface area contributed by atoms with Crippen molar-refractivity contribution in [2.75, 3.05) is 12.4 Å². The first kappa shape index (κ1) is 27.0. The lowest BCUT2D eigenvalue weighted by Crippen LogP contribution is -2.06. The molecule has 32 heavy (non-hydrogen) atoms. The fourth-order valence-electron chi connectivity index (χ4n) is 3.78. The van der Waals surface area contributed by atoms with Crippen LogP contribution in [0.25, 0.3) is 0 Å². The molecule has 2 aromatic rings. The molecule has 4 heteroatoms. The summed E-state index contributed by atoms with van der Waals surface area (Å²) in [7, 11) is 0. The Kier molecular flexibility index (Phi) is 15.3. The van der Waals surface area contributed by atoms with Crippen LogP contribution < -0.4 is 0 Å². The first-order valence-corrected chi connectivity index (χ1v) is 14.5.